The van der Waals surface area contributed by atoms with Gasteiger partial charge in [-0.2, -0.15) is 20.2 Å². The zero-order chi connectivity index (χ0) is 37.4. The average molecular weight is 737 g/mol. The summed E-state index contributed by atoms with van der Waals surface area (Å²) >= 11 is 0. The molecule has 15 heteroatoms. The largest absolute Gasteiger partial charge is 0.563 e. The van der Waals surface area contributed by atoms with Crippen molar-refractivity contribution in [2.45, 2.75) is 142 Å². The van der Waals surface area contributed by atoms with Gasteiger partial charge in [0.2, 0.25) is 23.6 Å². The normalized spacial score (nSPS) is 18.3. The lowest BCUT2D eigenvalue weighted by Crippen LogP contribution is -2.62. The molecule has 2 aliphatic rings. The van der Waals surface area contributed by atoms with E-state index in [0.29, 0.717) is 64.6 Å². The second kappa shape index (κ2) is 20.9. The third-order valence-electron chi connectivity index (χ3n) is 9.74. The minimum atomic E-state index is -4.04. The van der Waals surface area contributed by atoms with Gasteiger partial charge < -0.3 is 25.4 Å². The number of hydrogen-bond acceptors (Lipinski definition) is 10. The molecule has 3 rings (SSSR count). The maximum absolute atomic E-state index is 14.8. The lowest BCUT2D eigenvalue weighted by molar-refractivity contribution is -0.151. The minimum Gasteiger partial charge on any atom is -0.402 e. The Morgan fingerprint density at radius 2 is 1.57 bits per heavy atom. The molecule has 5 N–H and O–H groups in total. The fourth-order valence-electron chi connectivity index (χ4n) is 7.08. The van der Waals surface area contributed by atoms with Gasteiger partial charge in [-0.3, -0.25) is 19.2 Å². The Morgan fingerprint density at radius 1 is 0.941 bits per heavy atom. The number of nitrogens with two attached hydrogens (primary N) is 1. The van der Waals surface area contributed by atoms with Crippen LogP contribution in [0.4, 0.5) is 0 Å². The molecule has 14 nitrogen and oxygen atoms in total. The zero-order valence-electron chi connectivity index (χ0n) is 31.2. The number of amides is 4. The molecule has 1 heterocycles. The number of unbranched alkanes of at least 4 members (excludes halogenated alkanes) is 4. The van der Waals surface area contributed by atoms with Gasteiger partial charge in [0.1, 0.15) is 23.5 Å². The molecule has 51 heavy (non-hydrogen) atoms. The quantitative estimate of drug-likeness (QED) is 0.0621. The van der Waals surface area contributed by atoms with Gasteiger partial charge >= 0.3 is 7.82 Å². The summed E-state index contributed by atoms with van der Waals surface area (Å²) in [4.78, 5) is 57.8. The SMILES string of the molecule is CCCCCC(=O)N1C(Cc2ccc(OP(=O)(ONCC)ONCC)cc2)C(=O)N(C(C(=O)NCCCCCC(N)=O)C(C)CC)C12CCCC2. The molecule has 4 amide bonds. The summed E-state index contributed by atoms with van der Waals surface area (Å²) in [6.07, 6.45) is 9.17. The Hall–Kier alpha value is -3.03. The molecule has 3 atom stereocenters. The summed E-state index contributed by atoms with van der Waals surface area (Å²) in [6, 6.07) is 5.25. The van der Waals surface area contributed by atoms with E-state index in [1.807, 2.05) is 18.7 Å². The van der Waals surface area contributed by atoms with Crippen LogP contribution in [0.3, 0.4) is 0 Å². The number of rotatable bonds is 24. The van der Waals surface area contributed by atoms with Crippen molar-refractivity contribution in [3.63, 3.8) is 0 Å². The van der Waals surface area contributed by atoms with E-state index in [2.05, 4.69) is 23.2 Å². The Kier molecular flexibility index (Phi) is 17.3. The lowest BCUT2D eigenvalue weighted by atomic mass is 9.92. The zero-order valence-corrected chi connectivity index (χ0v) is 32.1. The van der Waals surface area contributed by atoms with E-state index >= 15 is 0 Å². The number of phosphoric acid groups is 1. The van der Waals surface area contributed by atoms with Gasteiger partial charge in [-0.05, 0) is 68.6 Å². The van der Waals surface area contributed by atoms with Crippen LogP contribution in [0.5, 0.6) is 5.75 Å². The van der Waals surface area contributed by atoms with Crippen LogP contribution in [-0.2, 0) is 39.4 Å². The number of nitrogens with zero attached hydrogens (tertiary/aromatic N) is 2. The van der Waals surface area contributed by atoms with E-state index in [-0.39, 0.29) is 41.7 Å². The Balaban J connectivity index is 1.93. The van der Waals surface area contributed by atoms with Crippen LogP contribution in [0.15, 0.2) is 24.3 Å². The highest BCUT2D eigenvalue weighted by molar-refractivity contribution is 7.48. The Bertz CT molecular complexity index is 1310. The van der Waals surface area contributed by atoms with Crippen molar-refractivity contribution in [3.05, 3.63) is 29.8 Å². The first-order valence-corrected chi connectivity index (χ1v) is 20.4. The average Bonchev–Trinajstić information content (AvgIpc) is 3.68. The van der Waals surface area contributed by atoms with Crippen molar-refractivity contribution >= 4 is 31.5 Å². The fourth-order valence-corrected chi connectivity index (χ4v) is 8.15. The highest BCUT2D eigenvalue weighted by Gasteiger charge is 2.62. The molecule has 2 fully saturated rings. The molecular weight excluding hydrogens is 675 g/mol. The second-order valence-corrected chi connectivity index (χ2v) is 15.0. The lowest BCUT2D eigenvalue weighted by Gasteiger charge is -2.46. The van der Waals surface area contributed by atoms with Crippen molar-refractivity contribution in [3.8, 4) is 5.75 Å². The van der Waals surface area contributed by atoms with Crippen LogP contribution < -0.4 is 26.5 Å². The van der Waals surface area contributed by atoms with Gasteiger partial charge in [-0.1, -0.05) is 72.4 Å². The van der Waals surface area contributed by atoms with Crippen LogP contribution >= 0.6 is 7.82 Å². The second-order valence-electron chi connectivity index (χ2n) is 13.6. The van der Waals surface area contributed by atoms with Crippen LogP contribution in [0.25, 0.3) is 0 Å². The molecule has 0 radical (unpaired) electrons. The summed E-state index contributed by atoms with van der Waals surface area (Å²) in [7, 11) is -4.04. The molecule has 1 aromatic carbocycles. The topological polar surface area (TPSA) is 182 Å². The third-order valence-corrected chi connectivity index (χ3v) is 10.9. The number of carbonyl (C=O) groups is 4. The van der Waals surface area contributed by atoms with Gasteiger partial charge in [-0.25, -0.2) is 4.57 Å². The van der Waals surface area contributed by atoms with Gasteiger partial charge in [0, 0.05) is 38.9 Å². The molecule has 0 aromatic heterocycles. The van der Waals surface area contributed by atoms with Crippen molar-refractivity contribution in [1.29, 1.82) is 0 Å². The summed E-state index contributed by atoms with van der Waals surface area (Å²) in [5.41, 5.74) is 10.2. The summed E-state index contributed by atoms with van der Waals surface area (Å²) in [5, 5.41) is 3.07. The highest BCUT2D eigenvalue weighted by atomic mass is 31.2. The van der Waals surface area contributed by atoms with Crippen LogP contribution in [-0.4, -0.2) is 70.8 Å². The third kappa shape index (κ3) is 11.5. The van der Waals surface area contributed by atoms with Crippen molar-refractivity contribution in [2.75, 3.05) is 19.6 Å². The maximum atomic E-state index is 14.8. The standard InChI is InChI=1S/C36H61N6O8P/c1-6-10-12-18-32(44)41-30(26-28-19-21-29(22-20-28)48-51(47,49-39-8-3)50-40-9-4)35(46)42(36(41)23-14-15-24-36)33(27(5)7-2)34(45)38-25-16-11-13-17-31(37)43/h19-22,27,30,33,39-40H,6-18,23-26H2,1-5H3,(H2,37,43)(H,38,45). The number of hydroxylamine groups is 2. The van der Waals surface area contributed by atoms with Crippen LogP contribution in [0.2, 0.25) is 0 Å². The first-order chi connectivity index (χ1) is 24.5. The molecule has 1 aliphatic heterocycles. The van der Waals surface area contributed by atoms with E-state index in [1.165, 1.54) is 0 Å². The van der Waals surface area contributed by atoms with E-state index in [1.54, 1.807) is 43.0 Å². The van der Waals surface area contributed by atoms with Gasteiger partial charge in [0.05, 0.1) is 0 Å². The molecule has 1 saturated carbocycles. The molecule has 288 valence electrons. The first kappa shape index (κ1) is 42.4. The van der Waals surface area contributed by atoms with E-state index in [9.17, 15) is 23.7 Å². The number of nitrogens with one attached hydrogen (secondary N) is 3. The van der Waals surface area contributed by atoms with Crippen LogP contribution in [0.1, 0.15) is 124 Å². The number of carbonyl (C=O) groups excluding carboxylic acids is 4. The first-order valence-electron chi connectivity index (χ1n) is 18.9. The summed E-state index contributed by atoms with van der Waals surface area (Å²) < 4.78 is 29.0. The van der Waals surface area contributed by atoms with Crippen molar-refractivity contribution in [1.82, 2.24) is 26.1 Å². The Morgan fingerprint density at radius 3 is 2.14 bits per heavy atom. The number of benzene rings is 1. The Labute approximate surface area is 303 Å². The maximum Gasteiger partial charge on any atom is 0.563 e. The summed E-state index contributed by atoms with van der Waals surface area (Å²) in [6.45, 7) is 10.8. The molecule has 1 spiro atoms. The van der Waals surface area contributed by atoms with Gasteiger partial charge in [0.25, 0.3) is 0 Å². The summed E-state index contributed by atoms with van der Waals surface area (Å²) in [5.74, 6) is -0.758. The van der Waals surface area contributed by atoms with Crippen molar-refractivity contribution in [2.24, 2.45) is 11.7 Å². The molecule has 3 unspecified atom stereocenters. The molecular formula is C36H61N6O8P. The minimum absolute atomic E-state index is 0.0639. The van der Waals surface area contributed by atoms with Crippen LogP contribution in [0, 0.1) is 5.92 Å². The van der Waals surface area contributed by atoms with Gasteiger partial charge in [0.15, 0.2) is 0 Å². The molecule has 1 aliphatic carbocycles. The highest BCUT2D eigenvalue weighted by Crippen LogP contribution is 2.49. The van der Waals surface area contributed by atoms with E-state index < -0.39 is 25.6 Å². The molecule has 0 bridgehead atoms. The number of hydrogen-bond donors (Lipinski definition) is 4. The predicted molar refractivity (Wildman–Crippen MR) is 195 cm³/mol. The van der Waals surface area contributed by atoms with E-state index in [0.717, 1.165) is 44.1 Å². The van der Waals surface area contributed by atoms with Crippen molar-refractivity contribution < 1.29 is 37.5 Å². The molecule has 1 saturated heterocycles. The monoisotopic (exact) mass is 736 g/mol. The van der Waals surface area contributed by atoms with E-state index in [4.69, 9.17) is 19.5 Å². The smallest absolute Gasteiger partial charge is 0.402 e. The fraction of sp³-hybridized carbons (Fsp3) is 0.722. The predicted octanol–water partition coefficient (Wildman–Crippen LogP) is 5.26. The molecule has 1 aromatic rings. The van der Waals surface area contributed by atoms with Gasteiger partial charge in [-0.15, -0.1) is 0 Å². The number of primary amides is 1.